The summed E-state index contributed by atoms with van der Waals surface area (Å²) in [4.78, 5) is 14.7. The van der Waals surface area contributed by atoms with E-state index in [1.165, 1.54) is 0 Å². The lowest BCUT2D eigenvalue weighted by Crippen LogP contribution is -2.41. The van der Waals surface area contributed by atoms with Crippen molar-refractivity contribution in [2.75, 3.05) is 24.7 Å². The van der Waals surface area contributed by atoms with Gasteiger partial charge in [0.1, 0.15) is 0 Å². The number of unbranched alkanes of at least 4 members (excludes halogenated alkanes) is 2. The van der Waals surface area contributed by atoms with Crippen molar-refractivity contribution in [2.45, 2.75) is 38.9 Å². The normalized spacial score (nSPS) is 19.9. The van der Waals surface area contributed by atoms with E-state index >= 15 is 0 Å². The summed E-state index contributed by atoms with van der Waals surface area (Å²) in [5, 5.41) is 0. The summed E-state index contributed by atoms with van der Waals surface area (Å²) in [5.74, 6) is -1.23. The van der Waals surface area contributed by atoms with E-state index in [9.17, 15) is 4.79 Å². The number of hydrogen-bond acceptors (Lipinski definition) is 3. The van der Waals surface area contributed by atoms with Crippen molar-refractivity contribution in [3.05, 3.63) is 29.3 Å². The Morgan fingerprint density at radius 1 is 1.25 bits per heavy atom. The van der Waals surface area contributed by atoms with Crippen LogP contribution in [0.5, 0.6) is 0 Å². The first-order valence-corrected chi connectivity index (χ1v) is 7.40. The van der Waals surface area contributed by atoms with Gasteiger partial charge in [-0.05, 0) is 18.9 Å². The summed E-state index contributed by atoms with van der Waals surface area (Å²) < 4.78 is 11.4. The van der Waals surface area contributed by atoms with E-state index in [4.69, 9.17) is 9.47 Å². The molecule has 0 aliphatic carbocycles. The largest absolute Gasteiger partial charge is 0.336 e. The van der Waals surface area contributed by atoms with Gasteiger partial charge in [-0.15, -0.1) is 0 Å². The van der Waals surface area contributed by atoms with Crippen molar-refractivity contribution in [2.24, 2.45) is 0 Å². The Morgan fingerprint density at radius 3 is 2.70 bits per heavy atom. The highest BCUT2D eigenvalue weighted by atomic mass is 16.7. The average Bonchev–Trinajstić information content (AvgIpc) is 3.01. The van der Waals surface area contributed by atoms with Crippen LogP contribution in [0.4, 0.5) is 5.69 Å². The molecule has 3 rings (SSSR count). The second-order valence-corrected chi connectivity index (χ2v) is 5.45. The topological polar surface area (TPSA) is 38.8 Å². The highest BCUT2D eigenvalue weighted by molar-refractivity contribution is 6.07. The van der Waals surface area contributed by atoms with Crippen molar-refractivity contribution in [1.82, 2.24) is 0 Å². The lowest BCUT2D eigenvalue weighted by Gasteiger charge is -2.22. The number of benzene rings is 1. The van der Waals surface area contributed by atoms with E-state index in [0.717, 1.165) is 42.6 Å². The first-order valence-electron chi connectivity index (χ1n) is 7.40. The van der Waals surface area contributed by atoms with E-state index in [1.807, 2.05) is 30.0 Å². The maximum Gasteiger partial charge on any atom is 0.292 e. The molecule has 1 amide bonds. The quantitative estimate of drug-likeness (QED) is 0.793. The second kappa shape index (κ2) is 5.19. The molecule has 0 atom stereocenters. The molecule has 1 aromatic rings. The third-order valence-electron chi connectivity index (χ3n) is 4.07. The van der Waals surface area contributed by atoms with Crippen LogP contribution in [0.1, 0.15) is 37.3 Å². The van der Waals surface area contributed by atoms with Gasteiger partial charge >= 0.3 is 0 Å². The Morgan fingerprint density at radius 2 is 2.00 bits per heavy atom. The zero-order valence-corrected chi connectivity index (χ0v) is 12.1. The molecule has 4 nitrogen and oxygen atoms in total. The highest BCUT2D eigenvalue weighted by Crippen LogP contribution is 2.47. The molecule has 2 aliphatic rings. The van der Waals surface area contributed by atoms with Gasteiger partial charge in [0.15, 0.2) is 0 Å². The molecular weight excluding hydrogens is 254 g/mol. The van der Waals surface area contributed by atoms with Crippen LogP contribution in [0.25, 0.3) is 0 Å². The van der Waals surface area contributed by atoms with E-state index < -0.39 is 5.79 Å². The molecule has 1 fully saturated rings. The minimum atomic E-state index is -1.17. The van der Waals surface area contributed by atoms with Gasteiger partial charge in [0.2, 0.25) is 0 Å². The summed E-state index contributed by atoms with van der Waals surface area (Å²) >= 11 is 0. The predicted octanol–water partition coefficient (Wildman–Crippen LogP) is 2.73. The molecule has 0 bridgehead atoms. The third-order valence-corrected chi connectivity index (χ3v) is 4.07. The fraction of sp³-hybridized carbons (Fsp3) is 0.562. The standard InChI is InChI=1S/C16H21NO3/c1-3-4-5-9-17-14-12(2)7-6-8-13(14)16(15(17)18)19-10-11-20-16/h6-8H,3-5,9-11H2,1-2H3. The number of ether oxygens (including phenoxy) is 2. The third kappa shape index (κ3) is 1.86. The number of nitrogens with zero attached hydrogens (tertiary/aromatic N) is 1. The van der Waals surface area contributed by atoms with Gasteiger partial charge in [-0.25, -0.2) is 0 Å². The monoisotopic (exact) mass is 275 g/mol. The number of rotatable bonds is 4. The maximum atomic E-state index is 12.8. The van der Waals surface area contributed by atoms with Gasteiger partial charge in [-0.2, -0.15) is 0 Å². The number of anilines is 1. The van der Waals surface area contributed by atoms with Crippen molar-refractivity contribution in [1.29, 1.82) is 0 Å². The van der Waals surface area contributed by atoms with Gasteiger partial charge in [0, 0.05) is 12.1 Å². The fourth-order valence-corrected chi connectivity index (χ4v) is 3.10. The van der Waals surface area contributed by atoms with Crippen LogP contribution in [0.15, 0.2) is 18.2 Å². The van der Waals surface area contributed by atoms with Crippen LogP contribution in [0.2, 0.25) is 0 Å². The average molecular weight is 275 g/mol. The number of carbonyl (C=O) groups excluding carboxylic acids is 1. The summed E-state index contributed by atoms with van der Waals surface area (Å²) in [7, 11) is 0. The molecule has 0 aromatic heterocycles. The second-order valence-electron chi connectivity index (χ2n) is 5.45. The van der Waals surface area contributed by atoms with Gasteiger partial charge < -0.3 is 14.4 Å². The summed E-state index contributed by atoms with van der Waals surface area (Å²) in [5.41, 5.74) is 2.95. The molecule has 108 valence electrons. The maximum absolute atomic E-state index is 12.8. The van der Waals surface area contributed by atoms with Crippen LogP contribution in [0.3, 0.4) is 0 Å². The SMILES string of the molecule is CCCCCN1C(=O)C2(OCCO2)c2cccc(C)c21. The Bertz CT molecular complexity index is 520. The first kappa shape index (κ1) is 13.6. The van der Waals surface area contributed by atoms with Crippen LogP contribution in [-0.4, -0.2) is 25.7 Å². The van der Waals surface area contributed by atoms with Crippen molar-refractivity contribution in [3.8, 4) is 0 Å². The number of para-hydroxylation sites is 1. The molecule has 2 heterocycles. The Balaban J connectivity index is 2.00. The van der Waals surface area contributed by atoms with Gasteiger partial charge in [0.25, 0.3) is 11.7 Å². The molecule has 1 aromatic carbocycles. The smallest absolute Gasteiger partial charge is 0.292 e. The number of hydrogen-bond donors (Lipinski definition) is 0. The molecule has 0 saturated carbocycles. The van der Waals surface area contributed by atoms with Crippen LogP contribution >= 0.6 is 0 Å². The van der Waals surface area contributed by atoms with Crippen molar-refractivity contribution >= 4 is 11.6 Å². The van der Waals surface area contributed by atoms with Gasteiger partial charge in [-0.1, -0.05) is 38.0 Å². The minimum absolute atomic E-state index is 0.0598. The number of carbonyl (C=O) groups is 1. The van der Waals surface area contributed by atoms with E-state index in [2.05, 4.69) is 6.92 Å². The molecular formula is C16H21NO3. The zero-order chi connectivity index (χ0) is 14.2. The van der Waals surface area contributed by atoms with Crippen LogP contribution in [0, 0.1) is 6.92 Å². The fourth-order valence-electron chi connectivity index (χ4n) is 3.10. The van der Waals surface area contributed by atoms with Gasteiger partial charge in [0.05, 0.1) is 18.9 Å². The zero-order valence-electron chi connectivity index (χ0n) is 12.1. The van der Waals surface area contributed by atoms with Crippen molar-refractivity contribution < 1.29 is 14.3 Å². The van der Waals surface area contributed by atoms with Crippen molar-refractivity contribution in [3.63, 3.8) is 0 Å². The van der Waals surface area contributed by atoms with E-state index in [-0.39, 0.29) is 5.91 Å². The minimum Gasteiger partial charge on any atom is -0.336 e. The van der Waals surface area contributed by atoms with Crippen LogP contribution in [-0.2, 0) is 20.1 Å². The Kier molecular flexibility index (Phi) is 3.52. The molecule has 0 unspecified atom stereocenters. The molecule has 0 radical (unpaired) electrons. The Hall–Kier alpha value is -1.39. The van der Waals surface area contributed by atoms with E-state index in [1.54, 1.807) is 0 Å². The number of fused-ring (bicyclic) bond motifs is 2. The lowest BCUT2D eigenvalue weighted by molar-refractivity contribution is -0.180. The first-order chi connectivity index (χ1) is 9.70. The number of amides is 1. The van der Waals surface area contributed by atoms with Crippen LogP contribution < -0.4 is 4.90 Å². The molecule has 4 heteroatoms. The molecule has 2 aliphatic heterocycles. The van der Waals surface area contributed by atoms with E-state index in [0.29, 0.717) is 13.2 Å². The molecule has 1 saturated heterocycles. The molecule has 0 N–H and O–H groups in total. The summed E-state index contributed by atoms with van der Waals surface area (Å²) in [6.07, 6.45) is 3.27. The lowest BCUT2D eigenvalue weighted by atomic mass is 10.0. The number of aryl methyl sites for hydroxylation is 1. The van der Waals surface area contributed by atoms with Gasteiger partial charge in [-0.3, -0.25) is 4.79 Å². The Labute approximate surface area is 119 Å². The predicted molar refractivity (Wildman–Crippen MR) is 76.6 cm³/mol. The highest BCUT2D eigenvalue weighted by Gasteiger charge is 2.56. The summed E-state index contributed by atoms with van der Waals surface area (Å²) in [6, 6.07) is 5.95. The molecule has 20 heavy (non-hydrogen) atoms. The molecule has 1 spiro atoms. The summed E-state index contributed by atoms with van der Waals surface area (Å²) in [6.45, 7) is 5.88.